The van der Waals surface area contributed by atoms with E-state index in [-0.39, 0.29) is 11.3 Å². The minimum absolute atomic E-state index is 0.251. The molecule has 0 aliphatic rings. The Morgan fingerprint density at radius 3 is 2.19 bits per heavy atom. The molecule has 0 amide bonds. The van der Waals surface area contributed by atoms with Crippen LogP contribution in [-0.2, 0) is 4.79 Å². The molecule has 0 atom stereocenters. The number of carbonyl (C=O) groups is 2. The largest absolute Gasteiger partial charge is 0.503 e. The number of ketones is 1. The highest BCUT2D eigenvalue weighted by atomic mass is 19.4. The quantitative estimate of drug-likeness (QED) is 0.506. The number of allylic oxidation sites excluding steroid dienone is 2. The van der Waals surface area contributed by atoms with Gasteiger partial charge in [0.25, 0.3) is 0 Å². The summed E-state index contributed by atoms with van der Waals surface area (Å²) in [6.45, 7) is 0.763. The normalized spacial score (nSPS) is 13.1. The summed E-state index contributed by atoms with van der Waals surface area (Å²) in [7, 11) is 0. The number of aromatic carboxylic acids is 1. The summed E-state index contributed by atoms with van der Waals surface area (Å²) in [4.78, 5) is 22.0. The van der Waals surface area contributed by atoms with Crippen molar-refractivity contribution < 1.29 is 33.0 Å². The SMILES string of the molecule is CC(=O)/C(N=Nc1ccccc1C(=O)O)=C(/O)C(F)(F)F. The molecule has 0 radical (unpaired) electrons. The second kappa shape index (κ2) is 6.16. The molecule has 1 aromatic carbocycles. The molecule has 1 rings (SSSR count). The van der Waals surface area contributed by atoms with Gasteiger partial charge in [0, 0.05) is 6.92 Å². The van der Waals surface area contributed by atoms with Crippen molar-refractivity contribution in [3.05, 3.63) is 41.3 Å². The van der Waals surface area contributed by atoms with E-state index >= 15 is 0 Å². The Balaban J connectivity index is 3.30. The van der Waals surface area contributed by atoms with Crippen molar-refractivity contribution in [1.82, 2.24) is 0 Å². The van der Waals surface area contributed by atoms with E-state index in [4.69, 9.17) is 10.2 Å². The first-order valence-electron chi connectivity index (χ1n) is 5.40. The van der Waals surface area contributed by atoms with E-state index in [1.165, 1.54) is 18.2 Å². The predicted octanol–water partition coefficient (Wildman–Crippen LogP) is 3.39. The number of carbonyl (C=O) groups excluding carboxylic acids is 1. The van der Waals surface area contributed by atoms with Crippen LogP contribution in [0.5, 0.6) is 0 Å². The van der Waals surface area contributed by atoms with E-state index < -0.39 is 29.4 Å². The monoisotopic (exact) mass is 302 g/mol. The Hall–Kier alpha value is -2.71. The van der Waals surface area contributed by atoms with E-state index in [1.54, 1.807) is 0 Å². The molecule has 2 N–H and O–H groups in total. The number of carboxylic acid groups (broad SMARTS) is 1. The average molecular weight is 302 g/mol. The number of nitrogens with zero attached hydrogens (tertiary/aromatic N) is 2. The second-order valence-electron chi connectivity index (χ2n) is 3.77. The Labute approximate surface area is 116 Å². The fourth-order valence-electron chi connectivity index (χ4n) is 1.26. The Morgan fingerprint density at radius 2 is 1.71 bits per heavy atom. The lowest BCUT2D eigenvalue weighted by Gasteiger charge is -2.06. The molecular weight excluding hydrogens is 293 g/mol. The molecule has 21 heavy (non-hydrogen) atoms. The van der Waals surface area contributed by atoms with Crippen molar-refractivity contribution in [3.8, 4) is 0 Å². The number of hydrogen-bond acceptors (Lipinski definition) is 5. The van der Waals surface area contributed by atoms with Gasteiger partial charge in [-0.2, -0.15) is 13.2 Å². The van der Waals surface area contributed by atoms with E-state index in [2.05, 4.69) is 10.2 Å². The van der Waals surface area contributed by atoms with Crippen LogP contribution in [0.4, 0.5) is 18.9 Å². The molecule has 0 aliphatic carbocycles. The number of aliphatic hydroxyl groups excluding tert-OH is 1. The van der Waals surface area contributed by atoms with Crippen molar-refractivity contribution in [3.63, 3.8) is 0 Å². The van der Waals surface area contributed by atoms with Gasteiger partial charge >= 0.3 is 12.1 Å². The summed E-state index contributed by atoms with van der Waals surface area (Å²) >= 11 is 0. The van der Waals surface area contributed by atoms with Gasteiger partial charge in [0.1, 0.15) is 5.69 Å². The van der Waals surface area contributed by atoms with E-state index in [1.807, 2.05) is 0 Å². The summed E-state index contributed by atoms with van der Waals surface area (Å²) in [5.74, 6) is -4.72. The topological polar surface area (TPSA) is 99.3 Å². The lowest BCUT2D eigenvalue weighted by Crippen LogP contribution is -2.16. The van der Waals surface area contributed by atoms with Crippen LogP contribution in [0.1, 0.15) is 17.3 Å². The van der Waals surface area contributed by atoms with Crippen molar-refractivity contribution in [2.75, 3.05) is 0 Å². The number of alkyl halides is 3. The minimum Gasteiger partial charge on any atom is -0.503 e. The van der Waals surface area contributed by atoms with Gasteiger partial charge in [-0.3, -0.25) is 4.79 Å². The first kappa shape index (κ1) is 16.3. The number of benzene rings is 1. The van der Waals surface area contributed by atoms with Crippen LogP contribution in [0.25, 0.3) is 0 Å². The molecule has 0 saturated carbocycles. The fourth-order valence-corrected chi connectivity index (χ4v) is 1.26. The van der Waals surface area contributed by atoms with Gasteiger partial charge in [-0.25, -0.2) is 4.79 Å². The molecule has 0 spiro atoms. The minimum atomic E-state index is -5.16. The summed E-state index contributed by atoms with van der Waals surface area (Å²) in [6.07, 6.45) is -5.16. The molecule has 1 aromatic rings. The Morgan fingerprint density at radius 1 is 1.14 bits per heavy atom. The first-order chi connectivity index (χ1) is 9.64. The molecule has 6 nitrogen and oxygen atoms in total. The van der Waals surface area contributed by atoms with E-state index in [0.29, 0.717) is 0 Å². The zero-order chi connectivity index (χ0) is 16.2. The van der Waals surface area contributed by atoms with Gasteiger partial charge in [0.2, 0.25) is 5.76 Å². The molecule has 0 heterocycles. The van der Waals surface area contributed by atoms with Crippen LogP contribution in [0, 0.1) is 0 Å². The van der Waals surface area contributed by atoms with Gasteiger partial charge in [0.05, 0.1) is 5.56 Å². The lowest BCUT2D eigenvalue weighted by atomic mass is 10.2. The van der Waals surface area contributed by atoms with Crippen molar-refractivity contribution in [1.29, 1.82) is 0 Å². The number of azo groups is 1. The number of carboxylic acids is 1. The third kappa shape index (κ3) is 4.13. The summed E-state index contributed by atoms with van der Waals surface area (Å²) in [5, 5.41) is 24.1. The number of rotatable bonds is 4. The fraction of sp³-hybridized carbons (Fsp3) is 0.167. The molecular formula is C12H9F3N2O4. The van der Waals surface area contributed by atoms with Crippen LogP contribution in [-0.4, -0.2) is 28.1 Å². The maximum Gasteiger partial charge on any atom is 0.451 e. The van der Waals surface area contributed by atoms with Gasteiger partial charge in [-0.05, 0) is 12.1 Å². The number of Topliss-reactive ketones (excluding diaryl/α,β-unsaturated/α-hetero) is 1. The second-order valence-corrected chi connectivity index (χ2v) is 3.77. The molecule has 0 unspecified atom stereocenters. The van der Waals surface area contributed by atoms with E-state index in [9.17, 15) is 22.8 Å². The van der Waals surface area contributed by atoms with Gasteiger partial charge in [-0.15, -0.1) is 10.2 Å². The third-order valence-electron chi connectivity index (χ3n) is 2.22. The maximum absolute atomic E-state index is 12.3. The van der Waals surface area contributed by atoms with Crippen molar-refractivity contribution in [2.24, 2.45) is 10.2 Å². The summed E-state index contributed by atoms with van der Waals surface area (Å²) in [6, 6.07) is 5.13. The van der Waals surface area contributed by atoms with Crippen molar-refractivity contribution in [2.45, 2.75) is 13.1 Å². The zero-order valence-corrected chi connectivity index (χ0v) is 10.5. The van der Waals surface area contributed by atoms with E-state index in [0.717, 1.165) is 13.0 Å². The standard InChI is InChI=1S/C12H9F3N2O4/c1-6(18)9(10(19)12(13,14)15)17-16-8-5-3-2-4-7(8)11(20)21/h2-5,19H,1H3,(H,20,21)/b10-9-,17-16?. The van der Waals surface area contributed by atoms with Crippen LogP contribution < -0.4 is 0 Å². The highest BCUT2D eigenvalue weighted by molar-refractivity contribution is 5.94. The first-order valence-corrected chi connectivity index (χ1v) is 5.40. The van der Waals surface area contributed by atoms with Crippen LogP contribution in [0.3, 0.4) is 0 Å². The number of aliphatic hydroxyl groups is 1. The molecule has 0 saturated heterocycles. The van der Waals surface area contributed by atoms with Gasteiger partial charge in [0.15, 0.2) is 11.5 Å². The highest BCUT2D eigenvalue weighted by Gasteiger charge is 2.38. The summed E-state index contributed by atoms with van der Waals surface area (Å²) in [5.41, 5.74) is -1.86. The number of hydrogen-bond donors (Lipinski definition) is 2. The van der Waals surface area contributed by atoms with Crippen molar-refractivity contribution >= 4 is 17.4 Å². The van der Waals surface area contributed by atoms with Gasteiger partial charge < -0.3 is 10.2 Å². The predicted molar refractivity (Wildman–Crippen MR) is 64.3 cm³/mol. The number of halogens is 3. The van der Waals surface area contributed by atoms with Gasteiger partial charge in [-0.1, -0.05) is 12.1 Å². The third-order valence-corrected chi connectivity index (χ3v) is 2.22. The van der Waals surface area contributed by atoms with Crippen LogP contribution in [0.15, 0.2) is 46.0 Å². The molecule has 0 aromatic heterocycles. The molecule has 0 bridgehead atoms. The average Bonchev–Trinajstić information content (AvgIpc) is 2.37. The maximum atomic E-state index is 12.3. The van der Waals surface area contributed by atoms with Crippen LogP contribution in [0.2, 0.25) is 0 Å². The highest BCUT2D eigenvalue weighted by Crippen LogP contribution is 2.28. The molecule has 0 aliphatic heterocycles. The smallest absolute Gasteiger partial charge is 0.451 e. The zero-order valence-electron chi connectivity index (χ0n) is 10.5. The lowest BCUT2D eigenvalue weighted by molar-refractivity contribution is -0.126. The van der Waals surface area contributed by atoms with Crippen LogP contribution >= 0.6 is 0 Å². The summed E-state index contributed by atoms with van der Waals surface area (Å²) < 4.78 is 37.0. The Bertz CT molecular complexity index is 636. The Kier molecular flexibility index (Phi) is 4.79. The molecule has 9 heteroatoms. The molecule has 112 valence electrons. The molecule has 0 fully saturated rings.